The standard InChI is InChI=1S/C25H17N9O/c1-15-13-29-9-7-19(15)21-22(17-5-2-4-16(10-17)11-26)32-25(28)34-23(21)31-20(33-34)14-35-24-18(12-27)6-3-8-30-24/h2-10,13H,14H2,1H3,(H2,28,32). The Bertz CT molecular complexity index is 1660. The highest BCUT2D eigenvalue weighted by Gasteiger charge is 2.21. The van der Waals surface area contributed by atoms with Gasteiger partial charge in [0.15, 0.2) is 18.1 Å². The van der Waals surface area contributed by atoms with Crippen LogP contribution in [0, 0.1) is 29.6 Å². The highest BCUT2D eigenvalue weighted by atomic mass is 16.5. The number of ether oxygens (including phenoxy) is 1. The molecule has 0 radical (unpaired) electrons. The summed E-state index contributed by atoms with van der Waals surface area (Å²) in [5.41, 5.74) is 11.3. The highest BCUT2D eigenvalue weighted by molar-refractivity contribution is 5.91. The van der Waals surface area contributed by atoms with Gasteiger partial charge in [0.2, 0.25) is 11.8 Å². The van der Waals surface area contributed by atoms with Crippen LogP contribution in [0.15, 0.2) is 61.1 Å². The SMILES string of the molecule is Cc1cnccc1-c1c(-c2cccc(C#N)c2)nc(N)n2nc(COc3ncccc3C#N)nc12. The Morgan fingerprint density at radius 1 is 1.06 bits per heavy atom. The molecule has 5 aromatic rings. The van der Waals surface area contributed by atoms with Gasteiger partial charge < -0.3 is 10.5 Å². The number of pyridine rings is 2. The summed E-state index contributed by atoms with van der Waals surface area (Å²) in [5.74, 6) is 0.658. The molecule has 168 valence electrons. The molecule has 0 aliphatic carbocycles. The number of hydrogen-bond donors (Lipinski definition) is 1. The van der Waals surface area contributed by atoms with E-state index in [1.165, 1.54) is 4.52 Å². The van der Waals surface area contributed by atoms with E-state index in [2.05, 4.69) is 26.1 Å². The van der Waals surface area contributed by atoms with E-state index in [4.69, 9.17) is 15.5 Å². The van der Waals surface area contributed by atoms with Gasteiger partial charge in [0.1, 0.15) is 11.6 Å². The van der Waals surface area contributed by atoms with Crippen molar-refractivity contribution in [3.63, 3.8) is 0 Å². The van der Waals surface area contributed by atoms with Crippen LogP contribution in [0.2, 0.25) is 0 Å². The first-order valence-corrected chi connectivity index (χ1v) is 10.5. The first kappa shape index (κ1) is 21.5. The minimum Gasteiger partial charge on any atom is -0.468 e. The predicted octanol–water partition coefficient (Wildman–Crippen LogP) is 3.46. The van der Waals surface area contributed by atoms with E-state index >= 15 is 0 Å². The lowest BCUT2D eigenvalue weighted by Crippen LogP contribution is -2.06. The number of rotatable bonds is 5. The lowest BCUT2D eigenvalue weighted by Gasteiger charge is -2.13. The quantitative estimate of drug-likeness (QED) is 0.416. The van der Waals surface area contributed by atoms with E-state index in [-0.39, 0.29) is 18.4 Å². The van der Waals surface area contributed by atoms with Crippen LogP contribution in [0.1, 0.15) is 22.5 Å². The van der Waals surface area contributed by atoms with Crippen LogP contribution in [0.25, 0.3) is 28.0 Å². The van der Waals surface area contributed by atoms with Crippen molar-refractivity contribution >= 4 is 11.6 Å². The fraction of sp³-hybridized carbons (Fsp3) is 0.0800. The molecule has 0 saturated heterocycles. The molecular weight excluding hydrogens is 442 g/mol. The van der Waals surface area contributed by atoms with Gasteiger partial charge >= 0.3 is 0 Å². The van der Waals surface area contributed by atoms with E-state index in [1.54, 1.807) is 48.9 Å². The number of anilines is 1. The van der Waals surface area contributed by atoms with Gasteiger partial charge in [-0.05, 0) is 48.4 Å². The second kappa shape index (κ2) is 8.89. The van der Waals surface area contributed by atoms with Crippen molar-refractivity contribution in [1.82, 2.24) is 29.5 Å². The van der Waals surface area contributed by atoms with Gasteiger partial charge in [0.25, 0.3) is 0 Å². The van der Waals surface area contributed by atoms with Gasteiger partial charge in [-0.2, -0.15) is 15.0 Å². The zero-order valence-electron chi connectivity index (χ0n) is 18.5. The predicted molar refractivity (Wildman–Crippen MR) is 127 cm³/mol. The second-order valence-corrected chi connectivity index (χ2v) is 7.60. The van der Waals surface area contributed by atoms with Gasteiger partial charge in [0.05, 0.1) is 22.9 Å². The summed E-state index contributed by atoms with van der Waals surface area (Å²) in [7, 11) is 0. The van der Waals surface area contributed by atoms with Crippen LogP contribution in [0.5, 0.6) is 5.88 Å². The summed E-state index contributed by atoms with van der Waals surface area (Å²) in [6.45, 7) is 1.91. The third kappa shape index (κ3) is 3.96. The molecule has 2 N–H and O–H groups in total. The molecule has 0 aliphatic heterocycles. The average molecular weight is 459 g/mol. The molecule has 0 atom stereocenters. The normalized spacial score (nSPS) is 10.6. The fourth-order valence-corrected chi connectivity index (χ4v) is 3.73. The van der Waals surface area contributed by atoms with Crippen molar-refractivity contribution in [2.24, 2.45) is 0 Å². The van der Waals surface area contributed by atoms with Crippen LogP contribution in [0.4, 0.5) is 5.95 Å². The number of nitriles is 2. The third-order valence-corrected chi connectivity index (χ3v) is 5.34. The fourth-order valence-electron chi connectivity index (χ4n) is 3.73. The molecular formula is C25H17N9O. The number of nitrogen functional groups attached to an aromatic ring is 1. The Morgan fingerprint density at radius 2 is 1.94 bits per heavy atom. The summed E-state index contributed by atoms with van der Waals surface area (Å²) in [6, 6.07) is 16.5. The monoisotopic (exact) mass is 459 g/mol. The first-order valence-electron chi connectivity index (χ1n) is 10.5. The summed E-state index contributed by atoms with van der Waals surface area (Å²) in [6.07, 6.45) is 4.99. The number of fused-ring (bicyclic) bond motifs is 1. The minimum absolute atomic E-state index is 0.0270. The van der Waals surface area contributed by atoms with Gasteiger partial charge in [-0.1, -0.05) is 12.1 Å². The molecule has 4 aromatic heterocycles. The third-order valence-electron chi connectivity index (χ3n) is 5.34. The molecule has 0 fully saturated rings. The minimum atomic E-state index is -0.0270. The number of nitrogens with zero attached hydrogens (tertiary/aromatic N) is 8. The van der Waals surface area contributed by atoms with Crippen LogP contribution in [-0.2, 0) is 6.61 Å². The van der Waals surface area contributed by atoms with Crippen LogP contribution >= 0.6 is 0 Å². The number of nitrogens with two attached hydrogens (primary N) is 1. The van der Waals surface area contributed by atoms with E-state index in [0.29, 0.717) is 33.9 Å². The van der Waals surface area contributed by atoms with Crippen LogP contribution in [-0.4, -0.2) is 29.5 Å². The molecule has 0 amide bonds. The van der Waals surface area contributed by atoms with E-state index < -0.39 is 0 Å². The molecule has 0 saturated carbocycles. The van der Waals surface area contributed by atoms with Crippen molar-refractivity contribution in [2.75, 3.05) is 5.73 Å². The molecule has 0 spiro atoms. The first-order chi connectivity index (χ1) is 17.1. The van der Waals surface area contributed by atoms with E-state index in [9.17, 15) is 10.5 Å². The summed E-state index contributed by atoms with van der Waals surface area (Å²) >= 11 is 0. The highest BCUT2D eigenvalue weighted by Crippen LogP contribution is 2.36. The Morgan fingerprint density at radius 3 is 2.74 bits per heavy atom. The van der Waals surface area contributed by atoms with Gasteiger partial charge in [0, 0.05) is 24.2 Å². The Kier molecular flexibility index (Phi) is 5.46. The van der Waals surface area contributed by atoms with Crippen molar-refractivity contribution < 1.29 is 4.74 Å². The molecule has 10 nitrogen and oxygen atoms in total. The van der Waals surface area contributed by atoms with Crippen molar-refractivity contribution in [3.8, 4) is 40.4 Å². The summed E-state index contributed by atoms with van der Waals surface area (Å²) in [4.78, 5) is 17.6. The van der Waals surface area contributed by atoms with Gasteiger partial charge in [-0.15, -0.1) is 5.10 Å². The molecule has 0 unspecified atom stereocenters. The Labute approximate surface area is 199 Å². The van der Waals surface area contributed by atoms with Crippen molar-refractivity contribution in [3.05, 3.63) is 83.6 Å². The zero-order valence-corrected chi connectivity index (χ0v) is 18.5. The number of aromatic nitrogens is 6. The lowest BCUT2D eigenvalue weighted by molar-refractivity contribution is 0.283. The molecule has 0 aliphatic rings. The number of benzene rings is 1. The smallest absolute Gasteiger partial charge is 0.232 e. The van der Waals surface area contributed by atoms with Gasteiger partial charge in [-0.3, -0.25) is 4.98 Å². The maximum absolute atomic E-state index is 9.39. The number of hydrogen-bond acceptors (Lipinski definition) is 9. The molecule has 1 aromatic carbocycles. The summed E-state index contributed by atoms with van der Waals surface area (Å²) < 4.78 is 7.17. The molecule has 4 heterocycles. The maximum atomic E-state index is 9.39. The molecule has 35 heavy (non-hydrogen) atoms. The van der Waals surface area contributed by atoms with Crippen LogP contribution in [0.3, 0.4) is 0 Å². The molecule has 5 rings (SSSR count). The Hall–Kier alpha value is -5.35. The van der Waals surface area contributed by atoms with E-state index in [1.807, 2.05) is 25.1 Å². The molecule has 10 heteroatoms. The second-order valence-electron chi connectivity index (χ2n) is 7.60. The van der Waals surface area contributed by atoms with Crippen molar-refractivity contribution in [1.29, 1.82) is 10.5 Å². The molecule has 0 bridgehead atoms. The average Bonchev–Trinajstić information content (AvgIpc) is 3.33. The van der Waals surface area contributed by atoms with Gasteiger partial charge in [-0.25, -0.2) is 15.0 Å². The van der Waals surface area contributed by atoms with Crippen LogP contribution < -0.4 is 10.5 Å². The summed E-state index contributed by atoms with van der Waals surface area (Å²) in [5, 5.41) is 23.1. The maximum Gasteiger partial charge on any atom is 0.232 e. The van der Waals surface area contributed by atoms with E-state index in [0.717, 1.165) is 16.7 Å². The zero-order chi connectivity index (χ0) is 24.4. The number of aryl methyl sites for hydroxylation is 1. The topological polar surface area (TPSA) is 152 Å². The lowest BCUT2D eigenvalue weighted by atomic mass is 9.97. The Balaban J connectivity index is 1.68. The largest absolute Gasteiger partial charge is 0.468 e. The van der Waals surface area contributed by atoms with Crippen molar-refractivity contribution in [2.45, 2.75) is 13.5 Å².